The molecule has 1 aromatic carbocycles. The predicted molar refractivity (Wildman–Crippen MR) is 64.7 cm³/mol. The number of nitrogens with zero attached hydrogens (tertiary/aromatic N) is 3. The van der Waals surface area contributed by atoms with Gasteiger partial charge in [-0.05, 0) is 24.3 Å². The molecule has 0 fully saturated rings. The largest absolute Gasteiger partial charge is 0.423 e. The van der Waals surface area contributed by atoms with Crippen LogP contribution in [0.1, 0.15) is 0 Å². The number of halogens is 6. The Kier molecular flexibility index (Phi) is 3.52. The van der Waals surface area contributed by atoms with Crippen molar-refractivity contribution >= 4 is 40.1 Å². The summed E-state index contributed by atoms with van der Waals surface area (Å²) in [5.41, 5.74) is 0. The fraction of sp³-hybridized carbons (Fsp3) is 0. The van der Waals surface area contributed by atoms with Crippen molar-refractivity contribution in [3.63, 3.8) is 0 Å². The summed E-state index contributed by atoms with van der Waals surface area (Å²) in [4.78, 5) is 0. The molecule has 0 amide bonds. The lowest BCUT2D eigenvalue weighted by atomic mass is 10.4. The lowest BCUT2D eigenvalue weighted by Gasteiger charge is -2.16. The summed E-state index contributed by atoms with van der Waals surface area (Å²) in [7, 11) is -16.1. The first-order chi connectivity index (χ1) is 8.12. The maximum Gasteiger partial charge on any atom is 0.423 e. The lowest BCUT2D eigenvalue weighted by Crippen LogP contribution is -1.99. The first kappa shape index (κ1) is 14.3. The van der Waals surface area contributed by atoms with E-state index >= 15 is 0 Å². The summed E-state index contributed by atoms with van der Waals surface area (Å²) in [5, 5.41) is -0.198. The Morgan fingerprint density at radius 3 is 1.78 bits per heavy atom. The van der Waals surface area contributed by atoms with E-state index in [0.717, 1.165) is 12.1 Å². The van der Waals surface area contributed by atoms with Gasteiger partial charge < -0.3 is 0 Å². The molecule has 1 heterocycles. The van der Waals surface area contributed by atoms with Gasteiger partial charge in [0.2, 0.25) is 0 Å². The van der Waals surface area contributed by atoms with Crippen molar-refractivity contribution in [1.82, 2.24) is 0 Å². The average molecular weight is 341 g/mol. The second kappa shape index (κ2) is 4.45. The summed E-state index contributed by atoms with van der Waals surface area (Å²) < 4.78 is 73.2. The SMILES string of the molecule is FP1(F)=NP(F)(F)=NP(F)(c2ccc(Cl)cc2)=N1. The normalized spacial score (nSPS) is 28.8. The zero-order chi connectivity index (χ0) is 13.6. The molecule has 1 unspecified atom stereocenters. The molecule has 0 saturated carbocycles. The third-order valence-corrected chi connectivity index (χ3v) is 8.37. The zero-order valence-corrected chi connectivity index (χ0v) is 11.7. The van der Waals surface area contributed by atoms with Crippen molar-refractivity contribution in [3.8, 4) is 0 Å². The zero-order valence-electron chi connectivity index (χ0n) is 8.26. The quantitative estimate of drug-likeness (QED) is 0.400. The van der Waals surface area contributed by atoms with Crippen LogP contribution in [0.15, 0.2) is 37.8 Å². The summed E-state index contributed by atoms with van der Waals surface area (Å²) in [6.07, 6.45) is 0. The van der Waals surface area contributed by atoms with Crippen molar-refractivity contribution in [1.29, 1.82) is 0 Å². The second-order valence-corrected chi connectivity index (χ2v) is 9.15. The molecular formula is C6H4ClF5N3P3. The molecular weight excluding hydrogens is 337 g/mol. The summed E-state index contributed by atoms with van der Waals surface area (Å²) >= 11 is 5.54. The van der Waals surface area contributed by atoms with Crippen molar-refractivity contribution in [2.24, 2.45) is 13.5 Å². The third kappa shape index (κ3) is 3.05. The Bertz CT molecular complexity index is 637. The molecule has 1 aromatic rings. The molecule has 0 aromatic heterocycles. The first-order valence-electron chi connectivity index (χ1n) is 4.28. The van der Waals surface area contributed by atoms with Gasteiger partial charge in [0.05, 0.1) is 0 Å². The number of benzene rings is 1. The molecule has 0 aliphatic carbocycles. The standard InChI is InChI=1S/C6H4ClF5N3P3/c7-5-1-3-6(4-2-5)16(8)13-17(9,10)15-18(11,12)14-16/h1-4H. The Labute approximate surface area is 104 Å². The number of hydrogen-bond donors (Lipinski definition) is 0. The minimum absolute atomic E-state index is 0.218. The Morgan fingerprint density at radius 2 is 1.28 bits per heavy atom. The molecule has 1 atom stereocenters. The van der Waals surface area contributed by atoms with Gasteiger partial charge in [-0.3, -0.25) is 0 Å². The smallest absolute Gasteiger partial charge is 0.178 e. The van der Waals surface area contributed by atoms with Gasteiger partial charge in [0.15, 0.2) is 0 Å². The highest BCUT2D eigenvalue weighted by molar-refractivity contribution is 7.82. The van der Waals surface area contributed by atoms with Gasteiger partial charge in [-0.1, -0.05) is 11.6 Å². The molecule has 18 heavy (non-hydrogen) atoms. The highest BCUT2D eigenvalue weighted by Crippen LogP contribution is 2.81. The van der Waals surface area contributed by atoms with E-state index in [1.165, 1.54) is 12.1 Å². The molecule has 3 nitrogen and oxygen atoms in total. The van der Waals surface area contributed by atoms with E-state index in [0.29, 0.717) is 0 Å². The molecule has 0 spiro atoms. The molecule has 12 heteroatoms. The molecule has 0 bridgehead atoms. The molecule has 2 rings (SSSR count). The van der Waals surface area contributed by atoms with Gasteiger partial charge >= 0.3 is 15.7 Å². The van der Waals surface area contributed by atoms with Crippen LogP contribution in [0.25, 0.3) is 0 Å². The number of rotatable bonds is 1. The van der Waals surface area contributed by atoms with Crippen LogP contribution in [0.3, 0.4) is 0 Å². The van der Waals surface area contributed by atoms with Crippen molar-refractivity contribution in [2.45, 2.75) is 0 Å². The maximum atomic E-state index is 14.2. The van der Waals surface area contributed by atoms with Crippen LogP contribution in [0.4, 0.5) is 21.0 Å². The second-order valence-electron chi connectivity index (χ2n) is 3.18. The Balaban J connectivity index is 2.70. The maximum absolute atomic E-state index is 14.2. The highest BCUT2D eigenvalue weighted by Gasteiger charge is 2.39. The molecule has 0 radical (unpaired) electrons. The van der Waals surface area contributed by atoms with E-state index in [2.05, 4.69) is 9.03 Å². The molecule has 0 N–H and O–H groups in total. The molecule has 1 aliphatic heterocycles. The van der Waals surface area contributed by atoms with Gasteiger partial charge in [-0.25, -0.2) is 0 Å². The van der Waals surface area contributed by atoms with E-state index in [1.807, 2.05) is 4.52 Å². The van der Waals surface area contributed by atoms with Crippen LogP contribution in [-0.4, -0.2) is 0 Å². The molecule has 100 valence electrons. The third-order valence-electron chi connectivity index (χ3n) is 1.82. The predicted octanol–water partition coefficient (Wildman–Crippen LogP) is 6.75. The summed E-state index contributed by atoms with van der Waals surface area (Å²) in [5.74, 6) is 0. The Hall–Kier alpha value is -0.150. The Morgan fingerprint density at radius 1 is 0.778 bits per heavy atom. The van der Waals surface area contributed by atoms with Gasteiger partial charge in [0, 0.05) is 10.3 Å². The summed E-state index contributed by atoms with van der Waals surface area (Å²) in [6.45, 7) is 0. The highest BCUT2D eigenvalue weighted by atomic mass is 35.5. The number of hydrogen-bond acceptors (Lipinski definition) is 3. The fourth-order valence-electron chi connectivity index (χ4n) is 1.20. The van der Waals surface area contributed by atoms with Crippen LogP contribution in [-0.2, 0) is 0 Å². The first-order valence-corrected chi connectivity index (χ1v) is 9.19. The monoisotopic (exact) mass is 341 g/mol. The minimum Gasteiger partial charge on any atom is -0.178 e. The van der Waals surface area contributed by atoms with Crippen molar-refractivity contribution < 1.29 is 21.0 Å². The van der Waals surface area contributed by atoms with Gasteiger partial charge in [-0.15, -0.1) is 21.3 Å². The molecule has 1 aliphatic rings. The van der Waals surface area contributed by atoms with E-state index in [9.17, 15) is 21.0 Å². The van der Waals surface area contributed by atoms with E-state index < -0.39 is 28.5 Å². The molecule has 0 saturated heterocycles. The van der Waals surface area contributed by atoms with Crippen LogP contribution >= 0.6 is 34.8 Å². The fourth-order valence-corrected chi connectivity index (χ4v) is 7.40. The van der Waals surface area contributed by atoms with Crippen molar-refractivity contribution in [3.05, 3.63) is 29.3 Å². The van der Waals surface area contributed by atoms with Gasteiger partial charge in [0.1, 0.15) is 0 Å². The van der Waals surface area contributed by atoms with Crippen LogP contribution in [0.5, 0.6) is 0 Å². The summed E-state index contributed by atoms with van der Waals surface area (Å²) in [6, 6.07) is 4.44. The van der Waals surface area contributed by atoms with Crippen LogP contribution in [0.2, 0.25) is 5.02 Å². The van der Waals surface area contributed by atoms with Crippen molar-refractivity contribution in [2.75, 3.05) is 0 Å². The lowest BCUT2D eigenvalue weighted by molar-refractivity contribution is 0.697. The van der Waals surface area contributed by atoms with E-state index in [4.69, 9.17) is 11.6 Å². The average Bonchev–Trinajstić information content (AvgIpc) is 2.12. The van der Waals surface area contributed by atoms with Gasteiger partial charge in [-0.2, -0.15) is 13.2 Å². The van der Waals surface area contributed by atoms with E-state index in [1.54, 1.807) is 0 Å². The van der Waals surface area contributed by atoms with Crippen LogP contribution < -0.4 is 5.30 Å². The van der Waals surface area contributed by atoms with Gasteiger partial charge in [0.25, 0.3) is 7.52 Å². The van der Waals surface area contributed by atoms with E-state index in [-0.39, 0.29) is 5.02 Å². The van der Waals surface area contributed by atoms with Crippen LogP contribution in [0, 0.1) is 0 Å². The minimum atomic E-state index is -5.66. The topological polar surface area (TPSA) is 37.1 Å².